The quantitative estimate of drug-likeness (QED) is 0.900. The molecular weight excluding hydrogens is 234 g/mol. The molecule has 2 aromatic rings. The summed E-state index contributed by atoms with van der Waals surface area (Å²) in [7, 11) is 0. The van der Waals surface area contributed by atoms with Gasteiger partial charge in [0.05, 0.1) is 10.7 Å². The number of carboxylic acid groups (broad SMARTS) is 1. The summed E-state index contributed by atoms with van der Waals surface area (Å²) < 4.78 is 0. The highest BCUT2D eigenvalue weighted by molar-refractivity contribution is 7.14. The van der Waals surface area contributed by atoms with Gasteiger partial charge in [-0.1, -0.05) is 37.3 Å². The van der Waals surface area contributed by atoms with Crippen molar-refractivity contribution in [1.82, 2.24) is 4.98 Å². The van der Waals surface area contributed by atoms with Crippen molar-refractivity contribution in [2.75, 3.05) is 0 Å². The molecule has 0 spiro atoms. The number of nitrogens with zero attached hydrogens (tertiary/aromatic N) is 1. The van der Waals surface area contributed by atoms with Crippen LogP contribution in [0.3, 0.4) is 0 Å². The number of hydrogen-bond donors (Lipinski definition) is 1. The standard InChI is InChI=1S/C13H13NO2S/c1-2-6-10-14-11(12(17-10)13(15)16)9-7-4-3-5-8-9/h3-5,7-8H,2,6H2,1H3,(H,15,16). The molecule has 3 nitrogen and oxygen atoms in total. The molecule has 4 heteroatoms. The molecule has 2 rings (SSSR count). The Morgan fingerprint density at radius 2 is 2.06 bits per heavy atom. The molecule has 0 aliphatic heterocycles. The van der Waals surface area contributed by atoms with E-state index in [0.29, 0.717) is 10.6 Å². The van der Waals surface area contributed by atoms with E-state index in [0.717, 1.165) is 23.4 Å². The molecule has 0 fully saturated rings. The van der Waals surface area contributed by atoms with Gasteiger partial charge < -0.3 is 5.11 Å². The average Bonchev–Trinajstić information content (AvgIpc) is 2.75. The molecule has 1 aromatic heterocycles. The highest BCUT2D eigenvalue weighted by Crippen LogP contribution is 2.28. The van der Waals surface area contributed by atoms with Crippen molar-refractivity contribution < 1.29 is 9.90 Å². The Labute approximate surface area is 104 Å². The zero-order valence-corrected chi connectivity index (χ0v) is 10.3. The number of aromatic nitrogens is 1. The third-order valence-corrected chi connectivity index (χ3v) is 3.48. The molecule has 1 aromatic carbocycles. The summed E-state index contributed by atoms with van der Waals surface area (Å²) in [6, 6.07) is 9.46. The molecule has 0 bridgehead atoms. The fourth-order valence-electron chi connectivity index (χ4n) is 1.62. The number of aryl methyl sites for hydroxylation is 1. The fourth-order valence-corrected chi connectivity index (χ4v) is 2.65. The van der Waals surface area contributed by atoms with E-state index < -0.39 is 5.97 Å². The second-order valence-corrected chi connectivity index (χ2v) is 4.79. The van der Waals surface area contributed by atoms with Gasteiger partial charge in [-0.15, -0.1) is 11.3 Å². The van der Waals surface area contributed by atoms with E-state index in [1.807, 2.05) is 30.3 Å². The third-order valence-electron chi connectivity index (χ3n) is 2.38. The molecule has 0 amide bonds. The third kappa shape index (κ3) is 2.53. The van der Waals surface area contributed by atoms with Crippen LogP contribution in [0.25, 0.3) is 11.3 Å². The fraction of sp³-hybridized carbons (Fsp3) is 0.231. The van der Waals surface area contributed by atoms with Gasteiger partial charge in [0, 0.05) is 5.56 Å². The number of carbonyl (C=O) groups is 1. The largest absolute Gasteiger partial charge is 0.477 e. The lowest BCUT2D eigenvalue weighted by Crippen LogP contribution is -1.95. The number of benzene rings is 1. The van der Waals surface area contributed by atoms with E-state index in [4.69, 9.17) is 0 Å². The molecule has 0 aliphatic rings. The number of hydrogen-bond acceptors (Lipinski definition) is 3. The van der Waals surface area contributed by atoms with E-state index in [1.165, 1.54) is 11.3 Å². The van der Waals surface area contributed by atoms with E-state index >= 15 is 0 Å². The first kappa shape index (κ1) is 11.8. The van der Waals surface area contributed by atoms with Crippen LogP contribution in [-0.2, 0) is 6.42 Å². The molecule has 0 unspecified atom stereocenters. The van der Waals surface area contributed by atoms with Crippen molar-refractivity contribution in [2.24, 2.45) is 0 Å². The highest BCUT2D eigenvalue weighted by atomic mass is 32.1. The van der Waals surface area contributed by atoms with Gasteiger partial charge in [0.15, 0.2) is 0 Å². The Morgan fingerprint density at radius 3 is 2.65 bits per heavy atom. The Balaban J connectivity index is 2.48. The molecular formula is C13H13NO2S. The van der Waals surface area contributed by atoms with Gasteiger partial charge in [0.1, 0.15) is 4.88 Å². The van der Waals surface area contributed by atoms with E-state index in [2.05, 4.69) is 11.9 Å². The highest BCUT2D eigenvalue weighted by Gasteiger charge is 2.17. The maximum atomic E-state index is 11.2. The zero-order valence-electron chi connectivity index (χ0n) is 9.51. The van der Waals surface area contributed by atoms with Gasteiger partial charge in [-0.25, -0.2) is 9.78 Å². The predicted molar refractivity (Wildman–Crippen MR) is 68.5 cm³/mol. The van der Waals surface area contributed by atoms with Crippen molar-refractivity contribution in [1.29, 1.82) is 0 Å². The monoisotopic (exact) mass is 247 g/mol. The van der Waals surface area contributed by atoms with E-state index in [9.17, 15) is 9.90 Å². The van der Waals surface area contributed by atoms with Crippen LogP contribution < -0.4 is 0 Å². The Kier molecular flexibility index (Phi) is 3.54. The summed E-state index contributed by atoms with van der Waals surface area (Å²) in [6.45, 7) is 2.06. The van der Waals surface area contributed by atoms with Crippen molar-refractivity contribution in [2.45, 2.75) is 19.8 Å². The minimum absolute atomic E-state index is 0.333. The lowest BCUT2D eigenvalue weighted by Gasteiger charge is -1.97. The maximum absolute atomic E-state index is 11.2. The molecule has 0 aliphatic carbocycles. The molecule has 1 heterocycles. The van der Waals surface area contributed by atoms with Gasteiger partial charge in [-0.05, 0) is 12.8 Å². The molecule has 17 heavy (non-hydrogen) atoms. The molecule has 1 N–H and O–H groups in total. The lowest BCUT2D eigenvalue weighted by atomic mass is 10.1. The smallest absolute Gasteiger partial charge is 0.348 e. The SMILES string of the molecule is CCCc1nc(-c2ccccc2)c(C(=O)O)s1. The molecule has 0 saturated carbocycles. The van der Waals surface area contributed by atoms with Crippen molar-refractivity contribution in [3.63, 3.8) is 0 Å². The average molecular weight is 247 g/mol. The van der Waals surface area contributed by atoms with Crippen molar-refractivity contribution in [3.8, 4) is 11.3 Å². The maximum Gasteiger partial charge on any atom is 0.348 e. The molecule has 0 atom stereocenters. The normalized spacial score (nSPS) is 10.4. The van der Waals surface area contributed by atoms with Crippen LogP contribution in [0.2, 0.25) is 0 Å². The van der Waals surface area contributed by atoms with Gasteiger partial charge >= 0.3 is 5.97 Å². The summed E-state index contributed by atoms with van der Waals surface area (Å²) in [4.78, 5) is 15.9. The van der Waals surface area contributed by atoms with Crippen LogP contribution in [-0.4, -0.2) is 16.1 Å². The topological polar surface area (TPSA) is 50.2 Å². The van der Waals surface area contributed by atoms with Gasteiger partial charge in [0.2, 0.25) is 0 Å². The second kappa shape index (κ2) is 5.10. The van der Waals surface area contributed by atoms with Crippen LogP contribution in [0.4, 0.5) is 0 Å². The number of aromatic carboxylic acids is 1. The number of carboxylic acids is 1. The first-order valence-corrected chi connectivity index (χ1v) is 6.32. The summed E-state index contributed by atoms with van der Waals surface area (Å²) >= 11 is 1.28. The first-order valence-electron chi connectivity index (χ1n) is 5.50. The van der Waals surface area contributed by atoms with Crippen LogP contribution in [0.5, 0.6) is 0 Å². The summed E-state index contributed by atoms with van der Waals surface area (Å²) in [5.41, 5.74) is 1.45. The zero-order chi connectivity index (χ0) is 12.3. The molecule has 0 saturated heterocycles. The van der Waals surface area contributed by atoms with Crippen LogP contribution in [0.1, 0.15) is 28.0 Å². The summed E-state index contributed by atoms with van der Waals surface area (Å²) in [5, 5.41) is 10.1. The van der Waals surface area contributed by atoms with E-state index in [1.54, 1.807) is 0 Å². The lowest BCUT2D eigenvalue weighted by molar-refractivity contribution is 0.0702. The van der Waals surface area contributed by atoms with Gasteiger partial charge in [0.25, 0.3) is 0 Å². The first-order chi connectivity index (χ1) is 8.22. The Hall–Kier alpha value is -1.68. The second-order valence-electron chi connectivity index (χ2n) is 3.71. The molecule has 0 radical (unpaired) electrons. The van der Waals surface area contributed by atoms with Gasteiger partial charge in [-0.3, -0.25) is 0 Å². The minimum atomic E-state index is -0.899. The van der Waals surface area contributed by atoms with Crippen LogP contribution in [0.15, 0.2) is 30.3 Å². The van der Waals surface area contributed by atoms with Crippen molar-refractivity contribution >= 4 is 17.3 Å². The van der Waals surface area contributed by atoms with Crippen LogP contribution >= 0.6 is 11.3 Å². The van der Waals surface area contributed by atoms with Crippen LogP contribution in [0, 0.1) is 0 Å². The summed E-state index contributed by atoms with van der Waals surface area (Å²) in [5.74, 6) is -0.899. The molecule has 88 valence electrons. The summed E-state index contributed by atoms with van der Waals surface area (Å²) in [6.07, 6.45) is 1.80. The Morgan fingerprint density at radius 1 is 1.35 bits per heavy atom. The number of rotatable bonds is 4. The van der Waals surface area contributed by atoms with E-state index in [-0.39, 0.29) is 0 Å². The van der Waals surface area contributed by atoms with Gasteiger partial charge in [-0.2, -0.15) is 0 Å². The minimum Gasteiger partial charge on any atom is -0.477 e. The predicted octanol–water partition coefficient (Wildman–Crippen LogP) is 3.46. The van der Waals surface area contributed by atoms with Crippen molar-refractivity contribution in [3.05, 3.63) is 40.2 Å². The number of thiazole rings is 1. The Bertz CT molecular complexity index is 519.